The van der Waals surface area contributed by atoms with Gasteiger partial charge in [-0.05, 0) is 43.9 Å². The van der Waals surface area contributed by atoms with Crippen LogP contribution in [0.4, 0.5) is 4.39 Å². The molecule has 0 heterocycles. The second-order valence-electron chi connectivity index (χ2n) is 6.59. The summed E-state index contributed by atoms with van der Waals surface area (Å²) in [5.74, 6) is 0.00233. The van der Waals surface area contributed by atoms with Gasteiger partial charge in [0, 0.05) is 6.42 Å². The van der Waals surface area contributed by atoms with Gasteiger partial charge < -0.3 is 15.8 Å². The summed E-state index contributed by atoms with van der Waals surface area (Å²) < 4.78 is 19.3. The number of hydrogen-bond donors (Lipinski definition) is 2. The molecule has 0 radical (unpaired) electrons. The van der Waals surface area contributed by atoms with Crippen molar-refractivity contribution in [3.63, 3.8) is 0 Å². The number of halogens is 2. The van der Waals surface area contributed by atoms with Crippen LogP contribution < -0.4 is 15.8 Å². The number of carbonyl (C=O) groups is 1. The van der Waals surface area contributed by atoms with Crippen molar-refractivity contribution >= 4 is 18.3 Å². The third-order valence-electron chi connectivity index (χ3n) is 4.93. The monoisotopic (exact) mass is 358 g/mol. The maximum atomic E-state index is 14.1. The van der Waals surface area contributed by atoms with Crippen molar-refractivity contribution in [1.82, 2.24) is 5.32 Å². The molecule has 24 heavy (non-hydrogen) atoms. The summed E-state index contributed by atoms with van der Waals surface area (Å²) in [7, 11) is 1.50. The molecule has 3 N–H and O–H groups in total. The Balaban J connectivity index is 0.00000288. The van der Waals surface area contributed by atoms with Gasteiger partial charge in [-0.3, -0.25) is 4.79 Å². The normalized spacial score (nSPS) is 17.5. The maximum absolute atomic E-state index is 14.1. The van der Waals surface area contributed by atoms with E-state index in [0.29, 0.717) is 24.3 Å². The van der Waals surface area contributed by atoms with E-state index in [1.165, 1.54) is 19.6 Å². The molecule has 2 rings (SSSR count). The van der Waals surface area contributed by atoms with Crippen molar-refractivity contribution in [1.29, 1.82) is 0 Å². The molecule has 0 aliphatic heterocycles. The van der Waals surface area contributed by atoms with E-state index in [2.05, 4.69) is 5.32 Å². The van der Waals surface area contributed by atoms with Crippen molar-refractivity contribution < 1.29 is 13.9 Å². The third-order valence-corrected chi connectivity index (χ3v) is 4.93. The molecule has 1 aliphatic carbocycles. The van der Waals surface area contributed by atoms with Crippen molar-refractivity contribution in [2.45, 2.75) is 51.5 Å². The quantitative estimate of drug-likeness (QED) is 0.814. The number of methoxy groups -OCH3 is 1. The zero-order chi connectivity index (χ0) is 16.9. The van der Waals surface area contributed by atoms with Crippen molar-refractivity contribution in [2.24, 2.45) is 11.1 Å². The number of benzene rings is 1. The Bertz CT molecular complexity index is 548. The number of hydrogen-bond acceptors (Lipinski definition) is 3. The molecule has 1 aliphatic rings. The van der Waals surface area contributed by atoms with Gasteiger partial charge in [0.1, 0.15) is 11.6 Å². The maximum Gasteiger partial charge on any atom is 0.221 e. The molecule has 1 aromatic carbocycles. The average molecular weight is 359 g/mol. The van der Waals surface area contributed by atoms with Crippen LogP contribution >= 0.6 is 12.4 Å². The van der Waals surface area contributed by atoms with Crippen molar-refractivity contribution in [3.05, 3.63) is 29.6 Å². The molecular formula is C18H28ClFN2O2. The minimum absolute atomic E-state index is 0. The number of carbonyl (C=O) groups excluding carboxylic acids is 1. The van der Waals surface area contributed by atoms with Gasteiger partial charge in [0.15, 0.2) is 0 Å². The van der Waals surface area contributed by atoms with Crippen LogP contribution in [0.5, 0.6) is 5.75 Å². The minimum atomic E-state index is -0.447. The van der Waals surface area contributed by atoms with Gasteiger partial charge in [0.25, 0.3) is 0 Å². The first kappa shape index (κ1) is 20.7. The molecule has 1 fully saturated rings. The van der Waals surface area contributed by atoms with E-state index in [1.807, 2.05) is 0 Å². The molecule has 1 aromatic rings. The van der Waals surface area contributed by atoms with Gasteiger partial charge in [-0.1, -0.05) is 25.3 Å². The summed E-state index contributed by atoms with van der Waals surface area (Å²) in [4.78, 5) is 12.4. The molecule has 1 atom stereocenters. The van der Waals surface area contributed by atoms with Gasteiger partial charge in [-0.15, -0.1) is 12.4 Å². The summed E-state index contributed by atoms with van der Waals surface area (Å²) in [6, 6.07) is 4.22. The van der Waals surface area contributed by atoms with E-state index in [-0.39, 0.29) is 29.5 Å². The van der Waals surface area contributed by atoms with Crippen LogP contribution in [0, 0.1) is 11.2 Å². The Hall–Kier alpha value is -1.33. The number of nitrogens with one attached hydrogen (secondary N) is 1. The standard InChI is InChI=1S/C18H27FN2O2.ClH/c1-13(17-14(19)7-6-8-15(17)23-2)21-16(22)11-18(12-20)9-4-3-5-10-18;/h6-8,13H,3-5,9-12,20H2,1-2H3,(H,21,22);1H. The Labute approximate surface area is 149 Å². The third kappa shape index (κ3) is 4.84. The fourth-order valence-corrected chi connectivity index (χ4v) is 3.58. The molecule has 4 nitrogen and oxygen atoms in total. The molecule has 0 saturated heterocycles. The van der Waals surface area contributed by atoms with Crippen molar-refractivity contribution in [2.75, 3.05) is 13.7 Å². The number of ether oxygens (including phenoxy) is 1. The molecule has 0 aromatic heterocycles. The highest BCUT2D eigenvalue weighted by Crippen LogP contribution is 2.38. The van der Waals surface area contributed by atoms with E-state index in [1.54, 1.807) is 19.1 Å². The highest BCUT2D eigenvalue weighted by atomic mass is 35.5. The van der Waals surface area contributed by atoms with E-state index in [0.717, 1.165) is 25.7 Å². The molecule has 1 amide bonds. The number of rotatable bonds is 6. The highest BCUT2D eigenvalue weighted by Gasteiger charge is 2.33. The summed E-state index contributed by atoms with van der Waals surface area (Å²) in [6.45, 7) is 2.30. The summed E-state index contributed by atoms with van der Waals surface area (Å²) >= 11 is 0. The number of nitrogens with two attached hydrogens (primary N) is 1. The molecular weight excluding hydrogens is 331 g/mol. The van der Waals surface area contributed by atoms with Crippen LogP contribution in [-0.2, 0) is 4.79 Å². The predicted octanol–water partition coefficient (Wildman–Crippen LogP) is 3.73. The molecule has 1 saturated carbocycles. The van der Waals surface area contributed by atoms with Gasteiger partial charge in [-0.2, -0.15) is 0 Å². The zero-order valence-corrected chi connectivity index (χ0v) is 15.3. The average Bonchev–Trinajstić information content (AvgIpc) is 2.55. The Morgan fingerprint density at radius 1 is 1.38 bits per heavy atom. The topological polar surface area (TPSA) is 64.3 Å². The van der Waals surface area contributed by atoms with E-state index >= 15 is 0 Å². The largest absolute Gasteiger partial charge is 0.496 e. The lowest BCUT2D eigenvalue weighted by atomic mass is 9.71. The molecule has 0 spiro atoms. The second-order valence-corrected chi connectivity index (χ2v) is 6.59. The van der Waals surface area contributed by atoms with Gasteiger partial charge >= 0.3 is 0 Å². The summed E-state index contributed by atoms with van der Waals surface area (Å²) in [6.07, 6.45) is 5.86. The second kappa shape index (κ2) is 9.23. The van der Waals surface area contributed by atoms with Crippen LogP contribution in [0.25, 0.3) is 0 Å². The lowest BCUT2D eigenvalue weighted by Gasteiger charge is -2.36. The summed E-state index contributed by atoms with van der Waals surface area (Å²) in [5.41, 5.74) is 6.23. The Morgan fingerprint density at radius 3 is 2.62 bits per heavy atom. The lowest BCUT2D eigenvalue weighted by Crippen LogP contribution is -2.39. The summed E-state index contributed by atoms with van der Waals surface area (Å²) in [5, 5.41) is 2.90. The fourth-order valence-electron chi connectivity index (χ4n) is 3.58. The fraction of sp³-hybridized carbons (Fsp3) is 0.611. The van der Waals surface area contributed by atoms with Gasteiger partial charge in [0.05, 0.1) is 18.7 Å². The first-order valence-corrected chi connectivity index (χ1v) is 8.33. The van der Waals surface area contributed by atoms with Crippen LogP contribution in [0.15, 0.2) is 18.2 Å². The SMILES string of the molecule is COc1cccc(F)c1C(C)NC(=O)CC1(CN)CCCCC1.Cl. The highest BCUT2D eigenvalue weighted by molar-refractivity contribution is 5.85. The van der Waals surface area contributed by atoms with E-state index in [9.17, 15) is 9.18 Å². The Morgan fingerprint density at radius 2 is 2.04 bits per heavy atom. The van der Waals surface area contributed by atoms with Crippen LogP contribution in [0.1, 0.15) is 57.1 Å². The smallest absolute Gasteiger partial charge is 0.221 e. The predicted molar refractivity (Wildman–Crippen MR) is 95.9 cm³/mol. The molecule has 6 heteroatoms. The van der Waals surface area contributed by atoms with Crippen LogP contribution in [0.3, 0.4) is 0 Å². The minimum Gasteiger partial charge on any atom is -0.496 e. The van der Waals surface area contributed by atoms with Crippen LogP contribution in [0.2, 0.25) is 0 Å². The van der Waals surface area contributed by atoms with E-state index < -0.39 is 6.04 Å². The van der Waals surface area contributed by atoms with Gasteiger partial charge in [0.2, 0.25) is 5.91 Å². The molecule has 1 unspecified atom stereocenters. The number of amides is 1. The van der Waals surface area contributed by atoms with Crippen molar-refractivity contribution in [3.8, 4) is 5.75 Å². The van der Waals surface area contributed by atoms with E-state index in [4.69, 9.17) is 10.5 Å². The first-order valence-electron chi connectivity index (χ1n) is 8.33. The molecule has 0 bridgehead atoms. The van der Waals surface area contributed by atoms with Gasteiger partial charge in [-0.25, -0.2) is 4.39 Å². The Kier molecular flexibility index (Phi) is 7.97. The van der Waals surface area contributed by atoms with Crippen LogP contribution in [-0.4, -0.2) is 19.6 Å². The molecule has 136 valence electrons. The lowest BCUT2D eigenvalue weighted by molar-refractivity contribution is -0.124. The first-order chi connectivity index (χ1) is 11.0. The zero-order valence-electron chi connectivity index (χ0n) is 14.4.